The average Bonchev–Trinajstić information content (AvgIpc) is 3.48. The van der Waals surface area contributed by atoms with Crippen LogP contribution in [0.25, 0.3) is 11.2 Å². The van der Waals surface area contributed by atoms with Crippen molar-refractivity contribution in [1.82, 2.24) is 24.6 Å². The number of nitrogens with zero attached hydrogens (tertiary/aromatic N) is 4. The lowest BCUT2D eigenvalue weighted by atomic mass is 9.96. The van der Waals surface area contributed by atoms with Gasteiger partial charge in [0.2, 0.25) is 11.8 Å². The summed E-state index contributed by atoms with van der Waals surface area (Å²) < 4.78 is 38.2. The Bertz CT molecular complexity index is 1550. The Kier molecular flexibility index (Phi) is 8.39. The summed E-state index contributed by atoms with van der Waals surface area (Å²) in [5.74, 6) is 0.0888. The Hall–Kier alpha value is -3.42. The zero-order chi connectivity index (χ0) is 29.2. The van der Waals surface area contributed by atoms with Gasteiger partial charge >= 0.3 is 7.75 Å². The molecule has 41 heavy (non-hydrogen) atoms. The van der Waals surface area contributed by atoms with Crippen LogP contribution in [0.4, 0.5) is 5.95 Å². The van der Waals surface area contributed by atoms with E-state index in [4.69, 9.17) is 24.3 Å². The van der Waals surface area contributed by atoms with Crippen LogP contribution in [-0.2, 0) is 31.5 Å². The molecule has 5 atom stereocenters. The van der Waals surface area contributed by atoms with E-state index >= 15 is 0 Å². The fourth-order valence-corrected chi connectivity index (χ4v) is 5.89. The van der Waals surface area contributed by atoms with E-state index in [9.17, 15) is 14.8 Å². The molecule has 0 saturated carbocycles. The molecule has 5 N–H and O–H groups in total. The summed E-state index contributed by atoms with van der Waals surface area (Å²) in [7, 11) is -2.50. The number of aromatic nitrogens is 4. The highest BCUT2D eigenvalue weighted by molar-refractivity contribution is 7.51. The molecule has 218 valence electrons. The van der Waals surface area contributed by atoms with Gasteiger partial charge < -0.3 is 25.4 Å². The predicted octanol–water partition coefficient (Wildman–Crippen LogP) is 2.87. The topological polar surface area (TPSA) is 176 Å². The number of aryl methyl sites for hydroxylation is 1. The number of hydrogen-bond acceptors (Lipinski definition) is 11. The number of aliphatic hydroxyl groups is 2. The number of fused-ring (bicyclic) bond motifs is 1. The summed E-state index contributed by atoms with van der Waals surface area (Å²) in [6, 6.07) is 17.0. The molecule has 14 heteroatoms. The molecular weight excluding hydrogens is 551 g/mol. The van der Waals surface area contributed by atoms with Crippen molar-refractivity contribution in [1.29, 1.82) is 0 Å². The van der Waals surface area contributed by atoms with E-state index in [0.29, 0.717) is 5.52 Å². The Labute approximate surface area is 236 Å². The molecule has 0 aliphatic carbocycles. The third-order valence-corrected chi connectivity index (χ3v) is 8.49. The number of imidazole rings is 1. The molecular formula is C27H33N6O7P. The van der Waals surface area contributed by atoms with Crippen molar-refractivity contribution in [2.24, 2.45) is 0 Å². The van der Waals surface area contributed by atoms with Gasteiger partial charge in [-0.15, -0.1) is 0 Å². The Morgan fingerprint density at radius 3 is 2.61 bits per heavy atom. The van der Waals surface area contributed by atoms with Crippen molar-refractivity contribution in [2.45, 2.75) is 51.0 Å². The van der Waals surface area contributed by atoms with E-state index in [-0.39, 0.29) is 37.2 Å². The molecule has 1 aliphatic heterocycles. The highest BCUT2D eigenvalue weighted by Crippen LogP contribution is 2.47. The van der Waals surface area contributed by atoms with Crippen molar-refractivity contribution in [2.75, 3.05) is 19.5 Å². The van der Waals surface area contributed by atoms with Crippen molar-refractivity contribution in [3.63, 3.8) is 0 Å². The maximum atomic E-state index is 13.9. The molecule has 2 aromatic heterocycles. The van der Waals surface area contributed by atoms with Crippen LogP contribution in [0.3, 0.4) is 0 Å². The zero-order valence-electron chi connectivity index (χ0n) is 22.9. The first-order valence-corrected chi connectivity index (χ1v) is 14.5. The van der Waals surface area contributed by atoms with Crippen LogP contribution in [0, 0.1) is 6.92 Å². The van der Waals surface area contributed by atoms with Gasteiger partial charge in [-0.3, -0.25) is 13.6 Å². The van der Waals surface area contributed by atoms with Gasteiger partial charge in [-0.05, 0) is 30.5 Å². The molecule has 1 saturated heterocycles. The lowest BCUT2D eigenvalue weighted by molar-refractivity contribution is -0.0948. The van der Waals surface area contributed by atoms with Gasteiger partial charge in [0, 0.05) is 6.54 Å². The van der Waals surface area contributed by atoms with Crippen molar-refractivity contribution in [3.05, 3.63) is 77.6 Å². The molecule has 0 bridgehead atoms. The number of aliphatic hydroxyl groups excluding tert-OH is 1. The lowest BCUT2D eigenvalue weighted by Crippen LogP contribution is -2.44. The molecule has 1 fully saturated rings. The molecule has 5 unspecified atom stereocenters. The summed E-state index contributed by atoms with van der Waals surface area (Å²) >= 11 is 0. The highest BCUT2D eigenvalue weighted by Gasteiger charge is 2.54. The largest absolute Gasteiger partial charge is 0.479 e. The number of hydrogen-bond donors (Lipinski definition) is 4. The number of methoxy groups -OCH3 is 1. The van der Waals surface area contributed by atoms with Gasteiger partial charge in [0.25, 0.3) is 0 Å². The van der Waals surface area contributed by atoms with Crippen LogP contribution < -0.4 is 15.6 Å². The van der Waals surface area contributed by atoms with Gasteiger partial charge in [-0.1, -0.05) is 54.6 Å². The van der Waals surface area contributed by atoms with Crippen LogP contribution in [-0.4, -0.2) is 61.3 Å². The molecule has 13 nitrogen and oxygen atoms in total. The molecule has 0 radical (unpaired) electrons. The predicted molar refractivity (Wildman–Crippen MR) is 150 cm³/mol. The monoisotopic (exact) mass is 584 g/mol. The molecule has 2 aromatic carbocycles. The number of nitrogens with two attached hydrogens (primary N) is 1. The smallest absolute Gasteiger partial charge is 0.406 e. The molecule has 4 aromatic rings. The summed E-state index contributed by atoms with van der Waals surface area (Å²) in [6.07, 6.45) is -2.26. The highest BCUT2D eigenvalue weighted by atomic mass is 31.2. The van der Waals surface area contributed by atoms with Gasteiger partial charge in [0.05, 0.1) is 26.7 Å². The van der Waals surface area contributed by atoms with Crippen molar-refractivity contribution < 1.29 is 33.3 Å². The Balaban J connectivity index is 1.35. The maximum Gasteiger partial charge on any atom is 0.406 e. The van der Waals surface area contributed by atoms with Crippen LogP contribution in [0.5, 0.6) is 5.88 Å². The van der Waals surface area contributed by atoms with Crippen molar-refractivity contribution >= 4 is 24.9 Å². The van der Waals surface area contributed by atoms with E-state index in [0.717, 1.165) is 16.7 Å². The molecule has 0 amide bonds. The number of ether oxygens (including phenoxy) is 2. The van der Waals surface area contributed by atoms with Crippen molar-refractivity contribution in [3.8, 4) is 5.88 Å². The van der Waals surface area contributed by atoms with E-state index in [1.165, 1.54) is 24.9 Å². The lowest BCUT2D eigenvalue weighted by Gasteiger charge is -2.27. The normalized spacial score (nSPS) is 24.0. The summed E-state index contributed by atoms with van der Waals surface area (Å²) in [5.41, 5.74) is 7.26. The second-order valence-electron chi connectivity index (χ2n) is 9.93. The first kappa shape index (κ1) is 29.1. The average molecular weight is 585 g/mol. The number of rotatable bonds is 11. The first-order valence-electron chi connectivity index (χ1n) is 12.9. The van der Waals surface area contributed by atoms with E-state index < -0.39 is 31.8 Å². The summed E-state index contributed by atoms with van der Waals surface area (Å²) in [6.45, 7) is 3.24. The van der Waals surface area contributed by atoms with E-state index in [1.54, 1.807) is 0 Å². The van der Waals surface area contributed by atoms with E-state index in [2.05, 4.69) is 20.0 Å². The fraction of sp³-hybridized carbons (Fsp3) is 0.370. The number of nitrogen functional groups attached to an aromatic ring is 1. The third kappa shape index (κ3) is 6.11. The van der Waals surface area contributed by atoms with Gasteiger partial charge in [-0.2, -0.15) is 9.97 Å². The fourth-order valence-electron chi connectivity index (χ4n) is 4.61. The first-order chi connectivity index (χ1) is 19.6. The standard InChI is InChI=1S/C27H33N6O7P/c1-17-9-7-8-12-19(17)14-38-41(36,30-13-18-10-5-4-6-11-18)39-15-20-22(34)27(2,35)25(40-20)33-16-29-21-23(33)31-26(28)32-24(21)37-3/h4-12,16,20,22,25,34-35H,13-15H2,1-3H3,(H,30,36)(H2,28,31,32). The minimum Gasteiger partial charge on any atom is -0.479 e. The molecule has 0 spiro atoms. The Morgan fingerprint density at radius 1 is 1.15 bits per heavy atom. The minimum atomic E-state index is -3.92. The van der Waals surface area contributed by atoms with Gasteiger partial charge in [0.15, 0.2) is 17.4 Å². The SMILES string of the molecule is COc1nc(N)nc2c1ncn2C1OC(COP(=O)(NCc2ccccc2)OCc2ccccc2C)C(O)C1(C)O. The Morgan fingerprint density at radius 2 is 1.88 bits per heavy atom. The zero-order valence-corrected chi connectivity index (χ0v) is 23.8. The van der Waals surface area contributed by atoms with Crippen LogP contribution in [0.15, 0.2) is 60.9 Å². The second kappa shape index (κ2) is 11.8. The molecule has 5 rings (SSSR count). The number of benzene rings is 2. The van der Waals surface area contributed by atoms with Crippen LogP contribution >= 0.6 is 7.75 Å². The van der Waals surface area contributed by atoms with E-state index in [1.807, 2.05) is 61.5 Å². The minimum absolute atomic E-state index is 0.0319. The van der Waals surface area contributed by atoms with Gasteiger partial charge in [0.1, 0.15) is 17.8 Å². The number of nitrogens with one attached hydrogen (secondary N) is 1. The molecule has 3 heterocycles. The van der Waals surface area contributed by atoms with Crippen LogP contribution in [0.2, 0.25) is 0 Å². The van der Waals surface area contributed by atoms with Gasteiger partial charge in [-0.25, -0.2) is 14.6 Å². The maximum absolute atomic E-state index is 13.9. The molecule has 1 aliphatic rings. The second-order valence-corrected chi connectivity index (χ2v) is 11.8. The summed E-state index contributed by atoms with van der Waals surface area (Å²) in [5, 5.41) is 25.2. The summed E-state index contributed by atoms with van der Waals surface area (Å²) in [4.78, 5) is 12.5. The van der Waals surface area contributed by atoms with Crippen LogP contribution in [0.1, 0.15) is 29.8 Å². The number of anilines is 1. The third-order valence-electron chi connectivity index (χ3n) is 6.99. The quantitative estimate of drug-likeness (QED) is 0.190.